The van der Waals surface area contributed by atoms with Crippen LogP contribution >= 0.6 is 0 Å². The summed E-state index contributed by atoms with van der Waals surface area (Å²) in [5.74, 6) is 0.729. The first-order valence-corrected chi connectivity index (χ1v) is 5.14. The first-order chi connectivity index (χ1) is 6.84. The van der Waals surface area contributed by atoms with Crippen molar-refractivity contribution in [3.8, 4) is 0 Å². The van der Waals surface area contributed by atoms with E-state index in [0.29, 0.717) is 0 Å². The summed E-state index contributed by atoms with van der Waals surface area (Å²) >= 11 is 0. The second-order valence-corrected chi connectivity index (χ2v) is 4.04. The highest BCUT2D eigenvalue weighted by molar-refractivity contribution is 5.04. The van der Waals surface area contributed by atoms with Crippen LogP contribution in [0.3, 0.4) is 0 Å². The van der Waals surface area contributed by atoms with E-state index in [2.05, 4.69) is 21.9 Å². The number of likely N-dealkylation sites (tertiary alicyclic amines) is 1. The van der Waals surface area contributed by atoms with E-state index in [9.17, 15) is 0 Å². The maximum absolute atomic E-state index is 4.03. The number of rotatable bonds is 2. The predicted molar refractivity (Wildman–Crippen MR) is 55.4 cm³/mol. The summed E-state index contributed by atoms with van der Waals surface area (Å²) in [5, 5.41) is 0. The molecule has 0 aromatic carbocycles. The molecule has 2 heterocycles. The first kappa shape index (κ1) is 9.59. The van der Waals surface area contributed by atoms with Crippen molar-refractivity contribution in [2.24, 2.45) is 5.92 Å². The molecule has 1 aliphatic rings. The lowest BCUT2D eigenvalue weighted by molar-refractivity contribution is 0.230. The van der Waals surface area contributed by atoms with Crippen molar-refractivity contribution in [2.75, 3.05) is 13.1 Å². The van der Waals surface area contributed by atoms with Gasteiger partial charge in [-0.25, -0.2) is 9.97 Å². The molecule has 3 heteroatoms. The molecule has 1 aliphatic heterocycles. The zero-order valence-electron chi connectivity index (χ0n) is 8.39. The summed E-state index contributed by atoms with van der Waals surface area (Å²) < 4.78 is 0. The Morgan fingerprint density at radius 1 is 1.43 bits per heavy atom. The van der Waals surface area contributed by atoms with Gasteiger partial charge in [0.25, 0.3) is 0 Å². The number of piperidine rings is 1. The van der Waals surface area contributed by atoms with E-state index in [1.807, 2.05) is 12.4 Å². The van der Waals surface area contributed by atoms with Gasteiger partial charge in [0.15, 0.2) is 0 Å². The van der Waals surface area contributed by atoms with Gasteiger partial charge in [0.1, 0.15) is 6.33 Å². The molecule has 1 fully saturated rings. The highest BCUT2D eigenvalue weighted by atomic mass is 15.1. The number of hydrogen-bond acceptors (Lipinski definition) is 3. The van der Waals surface area contributed by atoms with Crippen molar-refractivity contribution >= 4 is 0 Å². The Hall–Kier alpha value is -0.960. The normalized spacial score (nSPS) is 23.6. The van der Waals surface area contributed by atoms with Crippen LogP contribution in [-0.2, 0) is 6.42 Å². The lowest BCUT2D eigenvalue weighted by Gasteiger charge is -2.35. The topological polar surface area (TPSA) is 29.0 Å². The summed E-state index contributed by atoms with van der Waals surface area (Å²) in [4.78, 5) is 10.2. The molecule has 1 saturated heterocycles. The van der Waals surface area contributed by atoms with Gasteiger partial charge in [-0.05, 0) is 43.8 Å². The quantitative estimate of drug-likeness (QED) is 0.662. The van der Waals surface area contributed by atoms with Crippen LogP contribution in [0.2, 0.25) is 0 Å². The van der Waals surface area contributed by atoms with Gasteiger partial charge >= 0.3 is 0 Å². The summed E-state index contributed by atoms with van der Waals surface area (Å²) in [7, 11) is 3.99. The van der Waals surface area contributed by atoms with E-state index in [4.69, 9.17) is 0 Å². The van der Waals surface area contributed by atoms with Gasteiger partial charge < -0.3 is 4.90 Å². The molecule has 1 aromatic rings. The van der Waals surface area contributed by atoms with Crippen LogP contribution in [-0.4, -0.2) is 28.0 Å². The van der Waals surface area contributed by atoms with Crippen LogP contribution in [0.1, 0.15) is 18.4 Å². The Labute approximate surface area is 85.2 Å². The molecule has 1 unspecified atom stereocenters. The Morgan fingerprint density at radius 2 is 2.21 bits per heavy atom. The smallest absolute Gasteiger partial charge is 0.115 e. The number of aromatic nitrogens is 2. The van der Waals surface area contributed by atoms with Crippen molar-refractivity contribution in [1.29, 1.82) is 0 Å². The van der Waals surface area contributed by atoms with E-state index in [0.717, 1.165) is 25.4 Å². The van der Waals surface area contributed by atoms with Crippen molar-refractivity contribution in [3.05, 3.63) is 31.3 Å². The number of hydrogen-bond donors (Lipinski definition) is 0. The van der Waals surface area contributed by atoms with Gasteiger partial charge in [0, 0.05) is 12.4 Å². The van der Waals surface area contributed by atoms with Gasteiger partial charge in [-0.2, -0.15) is 0 Å². The van der Waals surface area contributed by atoms with Gasteiger partial charge in [-0.15, -0.1) is 0 Å². The standard InChI is InChI=1S/C11H16N3/c1-14-4-2-3-10(8-14)5-11-6-12-9-13-7-11/h6-7,9-10H,1-5,8H2/q-1. The van der Waals surface area contributed by atoms with E-state index in [1.165, 1.54) is 18.4 Å². The average Bonchev–Trinajstić information content (AvgIpc) is 2.19. The van der Waals surface area contributed by atoms with Gasteiger partial charge in [0.2, 0.25) is 0 Å². The van der Waals surface area contributed by atoms with E-state index < -0.39 is 0 Å². The van der Waals surface area contributed by atoms with E-state index >= 15 is 0 Å². The van der Waals surface area contributed by atoms with Crippen LogP contribution in [0, 0.1) is 13.0 Å². The molecule has 0 spiro atoms. The molecule has 76 valence electrons. The molecule has 0 saturated carbocycles. The SMILES string of the molecule is [CH2-]N1CCCC(Cc2cncnc2)C1. The van der Waals surface area contributed by atoms with Crippen molar-refractivity contribution in [3.63, 3.8) is 0 Å². The third kappa shape index (κ3) is 2.51. The minimum atomic E-state index is 0.729. The molecule has 1 aromatic heterocycles. The molecule has 0 N–H and O–H groups in total. The van der Waals surface area contributed by atoms with Crippen LogP contribution in [0.4, 0.5) is 0 Å². The first-order valence-electron chi connectivity index (χ1n) is 5.14. The highest BCUT2D eigenvalue weighted by Crippen LogP contribution is 2.19. The van der Waals surface area contributed by atoms with Crippen LogP contribution < -0.4 is 0 Å². The second kappa shape index (κ2) is 4.51. The fourth-order valence-electron chi connectivity index (χ4n) is 2.09. The predicted octanol–water partition coefficient (Wildman–Crippen LogP) is 1.52. The maximum Gasteiger partial charge on any atom is 0.115 e. The maximum atomic E-state index is 4.03. The molecular formula is C11H16N3-. The zero-order chi connectivity index (χ0) is 9.80. The molecule has 0 bridgehead atoms. The Bertz CT molecular complexity index is 273. The van der Waals surface area contributed by atoms with Crippen molar-refractivity contribution in [1.82, 2.24) is 14.9 Å². The van der Waals surface area contributed by atoms with Crippen LogP contribution in [0.25, 0.3) is 0 Å². The largest absolute Gasteiger partial charge is 0.459 e. The fourth-order valence-corrected chi connectivity index (χ4v) is 2.09. The third-order valence-corrected chi connectivity index (χ3v) is 2.74. The number of nitrogens with zero attached hydrogens (tertiary/aromatic N) is 3. The Kier molecular flexibility index (Phi) is 3.09. The van der Waals surface area contributed by atoms with Crippen molar-refractivity contribution in [2.45, 2.75) is 19.3 Å². The Balaban J connectivity index is 1.91. The second-order valence-electron chi connectivity index (χ2n) is 4.04. The van der Waals surface area contributed by atoms with Crippen molar-refractivity contribution < 1.29 is 0 Å². The van der Waals surface area contributed by atoms with E-state index in [-0.39, 0.29) is 0 Å². The molecule has 3 nitrogen and oxygen atoms in total. The van der Waals surface area contributed by atoms with Crippen LogP contribution in [0.15, 0.2) is 18.7 Å². The highest BCUT2D eigenvalue weighted by Gasteiger charge is 2.14. The molecule has 0 aliphatic carbocycles. The van der Waals surface area contributed by atoms with Crippen LogP contribution in [0.5, 0.6) is 0 Å². The molecule has 0 amide bonds. The summed E-state index contributed by atoms with van der Waals surface area (Å²) in [6.45, 7) is 2.25. The lowest BCUT2D eigenvalue weighted by Crippen LogP contribution is -2.31. The zero-order valence-corrected chi connectivity index (χ0v) is 8.39. The fraction of sp³-hybridized carbons (Fsp3) is 0.545. The molecule has 0 radical (unpaired) electrons. The van der Waals surface area contributed by atoms with Gasteiger partial charge in [-0.3, -0.25) is 7.05 Å². The average molecular weight is 190 g/mol. The van der Waals surface area contributed by atoms with Gasteiger partial charge in [-0.1, -0.05) is 0 Å². The summed E-state index contributed by atoms with van der Waals surface area (Å²) in [5.41, 5.74) is 1.24. The lowest BCUT2D eigenvalue weighted by atomic mass is 9.93. The molecule has 1 atom stereocenters. The summed E-state index contributed by atoms with van der Waals surface area (Å²) in [6, 6.07) is 0. The molecular weight excluding hydrogens is 174 g/mol. The molecule has 2 rings (SSSR count). The van der Waals surface area contributed by atoms with E-state index in [1.54, 1.807) is 6.33 Å². The van der Waals surface area contributed by atoms with Gasteiger partial charge in [0.05, 0.1) is 0 Å². The third-order valence-electron chi connectivity index (χ3n) is 2.74. The minimum absolute atomic E-state index is 0.729. The Morgan fingerprint density at radius 3 is 2.93 bits per heavy atom. The minimum Gasteiger partial charge on any atom is -0.459 e. The summed E-state index contributed by atoms with van der Waals surface area (Å²) in [6.07, 6.45) is 9.07. The molecule has 14 heavy (non-hydrogen) atoms. The monoisotopic (exact) mass is 190 g/mol.